The van der Waals surface area contributed by atoms with Crippen molar-refractivity contribution >= 4 is 0 Å². The maximum absolute atomic E-state index is 8.37. The zero-order valence-corrected chi connectivity index (χ0v) is 6.89. The van der Waals surface area contributed by atoms with E-state index in [2.05, 4.69) is 16.3 Å². The van der Waals surface area contributed by atoms with Gasteiger partial charge in [-0.2, -0.15) is 5.26 Å². The van der Waals surface area contributed by atoms with Gasteiger partial charge in [-0.15, -0.1) is 0 Å². The molecule has 10 heavy (non-hydrogen) atoms. The Balaban J connectivity index is 3.52. The van der Waals surface area contributed by atoms with Crippen LogP contribution >= 0.6 is 0 Å². The maximum atomic E-state index is 8.37. The molecule has 0 heterocycles. The van der Waals surface area contributed by atoms with Crippen LogP contribution in [0.5, 0.6) is 0 Å². The summed E-state index contributed by atoms with van der Waals surface area (Å²) in [7, 11) is 5.88. The molecular formula is C7H15N3. The third-order valence-electron chi connectivity index (χ3n) is 1.33. The van der Waals surface area contributed by atoms with E-state index >= 15 is 0 Å². The molecule has 0 fully saturated rings. The van der Waals surface area contributed by atoms with Gasteiger partial charge < -0.3 is 10.2 Å². The van der Waals surface area contributed by atoms with Crippen molar-refractivity contribution in [1.29, 1.82) is 5.26 Å². The van der Waals surface area contributed by atoms with Crippen molar-refractivity contribution in [3.63, 3.8) is 0 Å². The highest BCUT2D eigenvalue weighted by molar-refractivity contribution is 4.80. The lowest BCUT2D eigenvalue weighted by atomic mass is 10.2. The molecule has 0 aromatic rings. The first-order chi connectivity index (χ1) is 4.70. The van der Waals surface area contributed by atoms with E-state index in [0.717, 1.165) is 6.54 Å². The summed E-state index contributed by atoms with van der Waals surface area (Å²) in [5, 5.41) is 11.4. The number of nitrogens with zero attached hydrogens (tertiary/aromatic N) is 2. The normalized spacial score (nSPS) is 13.1. The highest BCUT2D eigenvalue weighted by Gasteiger charge is 2.04. The van der Waals surface area contributed by atoms with Gasteiger partial charge in [0, 0.05) is 12.6 Å². The minimum atomic E-state index is 0.306. The average molecular weight is 141 g/mol. The Morgan fingerprint density at radius 2 is 2.20 bits per heavy atom. The molecule has 1 unspecified atom stereocenters. The Morgan fingerprint density at radius 1 is 1.60 bits per heavy atom. The monoisotopic (exact) mass is 141 g/mol. The van der Waals surface area contributed by atoms with Crippen LogP contribution < -0.4 is 5.32 Å². The minimum absolute atomic E-state index is 0.306. The Hall–Kier alpha value is -0.590. The Bertz CT molecular complexity index is 115. The lowest BCUT2D eigenvalue weighted by Crippen LogP contribution is -2.35. The predicted molar refractivity (Wildman–Crippen MR) is 41.6 cm³/mol. The second-order valence-electron chi connectivity index (χ2n) is 2.61. The molecule has 0 saturated heterocycles. The van der Waals surface area contributed by atoms with E-state index in [1.54, 1.807) is 0 Å². The van der Waals surface area contributed by atoms with E-state index in [0.29, 0.717) is 12.5 Å². The van der Waals surface area contributed by atoms with Crippen molar-refractivity contribution in [2.75, 3.05) is 27.7 Å². The summed E-state index contributed by atoms with van der Waals surface area (Å²) < 4.78 is 0. The largest absolute Gasteiger partial charge is 0.315 e. The van der Waals surface area contributed by atoms with Gasteiger partial charge in [-0.05, 0) is 21.1 Å². The van der Waals surface area contributed by atoms with Crippen LogP contribution in [0.15, 0.2) is 0 Å². The quantitative estimate of drug-likeness (QED) is 0.601. The first-order valence-corrected chi connectivity index (χ1v) is 3.39. The van der Waals surface area contributed by atoms with E-state index < -0.39 is 0 Å². The van der Waals surface area contributed by atoms with Crippen LogP contribution in [0.2, 0.25) is 0 Å². The summed E-state index contributed by atoms with van der Waals surface area (Å²) in [5.74, 6) is 0. The minimum Gasteiger partial charge on any atom is -0.315 e. The van der Waals surface area contributed by atoms with E-state index in [-0.39, 0.29) is 0 Å². The van der Waals surface area contributed by atoms with Crippen LogP contribution in [0.4, 0.5) is 0 Å². The molecule has 0 spiro atoms. The molecule has 0 aromatic carbocycles. The lowest BCUT2D eigenvalue weighted by molar-refractivity contribution is 0.350. The van der Waals surface area contributed by atoms with E-state index in [1.165, 1.54) is 0 Å². The molecule has 0 aliphatic carbocycles. The second-order valence-corrected chi connectivity index (χ2v) is 2.61. The molecule has 0 aliphatic heterocycles. The molecule has 0 radical (unpaired) electrons. The smallest absolute Gasteiger partial charge is 0.0638 e. The van der Waals surface area contributed by atoms with Gasteiger partial charge in [0.2, 0.25) is 0 Å². The first-order valence-electron chi connectivity index (χ1n) is 3.39. The molecule has 0 aliphatic rings. The van der Waals surface area contributed by atoms with Crippen molar-refractivity contribution in [2.45, 2.75) is 12.5 Å². The predicted octanol–water partition coefficient (Wildman–Crippen LogP) is 0.0497. The van der Waals surface area contributed by atoms with Gasteiger partial charge in [0.05, 0.1) is 12.5 Å². The molecule has 1 atom stereocenters. The van der Waals surface area contributed by atoms with Crippen molar-refractivity contribution in [3.8, 4) is 6.07 Å². The van der Waals surface area contributed by atoms with Gasteiger partial charge in [-0.25, -0.2) is 0 Å². The van der Waals surface area contributed by atoms with Crippen LogP contribution in [0.3, 0.4) is 0 Å². The van der Waals surface area contributed by atoms with E-state index in [4.69, 9.17) is 5.26 Å². The summed E-state index contributed by atoms with van der Waals surface area (Å²) in [6.07, 6.45) is 0.578. The fourth-order valence-electron chi connectivity index (χ4n) is 0.809. The summed E-state index contributed by atoms with van der Waals surface area (Å²) in [5.41, 5.74) is 0. The number of hydrogen-bond donors (Lipinski definition) is 1. The molecule has 0 amide bonds. The van der Waals surface area contributed by atoms with Crippen LogP contribution in [-0.4, -0.2) is 38.6 Å². The molecule has 0 saturated carbocycles. The fraction of sp³-hybridized carbons (Fsp3) is 0.857. The van der Waals surface area contributed by atoms with Crippen molar-refractivity contribution in [2.24, 2.45) is 0 Å². The number of likely N-dealkylation sites (N-methyl/N-ethyl adjacent to an activating group) is 2. The molecule has 0 aromatic heterocycles. The van der Waals surface area contributed by atoms with Gasteiger partial charge in [0.1, 0.15) is 0 Å². The summed E-state index contributed by atoms with van der Waals surface area (Å²) in [6, 6.07) is 2.44. The van der Waals surface area contributed by atoms with Crippen molar-refractivity contribution < 1.29 is 0 Å². The number of rotatable bonds is 4. The lowest BCUT2D eigenvalue weighted by Gasteiger charge is -2.17. The second kappa shape index (κ2) is 5.21. The van der Waals surface area contributed by atoms with Gasteiger partial charge >= 0.3 is 0 Å². The van der Waals surface area contributed by atoms with E-state index in [1.807, 2.05) is 21.1 Å². The van der Waals surface area contributed by atoms with Gasteiger partial charge in [0.25, 0.3) is 0 Å². The van der Waals surface area contributed by atoms with Crippen LogP contribution in [-0.2, 0) is 0 Å². The average Bonchev–Trinajstić information content (AvgIpc) is 1.86. The highest BCUT2D eigenvalue weighted by Crippen LogP contribution is 1.90. The maximum Gasteiger partial charge on any atom is 0.0638 e. The third-order valence-corrected chi connectivity index (χ3v) is 1.33. The Morgan fingerprint density at radius 3 is 2.50 bits per heavy atom. The Kier molecular flexibility index (Phi) is 4.91. The number of nitriles is 1. The molecular weight excluding hydrogens is 126 g/mol. The first kappa shape index (κ1) is 9.41. The van der Waals surface area contributed by atoms with Crippen molar-refractivity contribution in [1.82, 2.24) is 10.2 Å². The van der Waals surface area contributed by atoms with Crippen LogP contribution in [0.25, 0.3) is 0 Å². The van der Waals surface area contributed by atoms with Gasteiger partial charge in [-0.1, -0.05) is 0 Å². The Labute approximate surface area is 62.6 Å². The van der Waals surface area contributed by atoms with Crippen LogP contribution in [0, 0.1) is 11.3 Å². The topological polar surface area (TPSA) is 39.1 Å². The van der Waals surface area contributed by atoms with Gasteiger partial charge in [-0.3, -0.25) is 0 Å². The number of nitrogens with one attached hydrogen (secondary N) is 1. The van der Waals surface area contributed by atoms with Crippen molar-refractivity contribution in [3.05, 3.63) is 0 Å². The molecule has 0 bridgehead atoms. The summed E-state index contributed by atoms with van der Waals surface area (Å²) in [6.45, 7) is 0.921. The molecule has 58 valence electrons. The fourth-order valence-corrected chi connectivity index (χ4v) is 0.809. The summed E-state index contributed by atoms with van der Waals surface area (Å²) in [4.78, 5) is 2.07. The zero-order valence-electron chi connectivity index (χ0n) is 6.89. The number of hydrogen-bond acceptors (Lipinski definition) is 3. The molecule has 3 nitrogen and oxygen atoms in total. The molecule has 1 N–H and O–H groups in total. The van der Waals surface area contributed by atoms with E-state index in [9.17, 15) is 0 Å². The molecule has 3 heteroatoms. The standard InChI is InChI=1S/C7H15N3/c1-9-7(4-5-8)6-10(2)3/h7,9H,4,6H2,1-3H3. The highest BCUT2D eigenvalue weighted by atomic mass is 15.1. The van der Waals surface area contributed by atoms with Gasteiger partial charge in [0.15, 0.2) is 0 Å². The third kappa shape index (κ3) is 4.30. The summed E-state index contributed by atoms with van der Waals surface area (Å²) >= 11 is 0. The SMILES string of the molecule is CNC(CC#N)CN(C)C. The molecule has 0 rings (SSSR count). The zero-order chi connectivity index (χ0) is 7.98. The van der Waals surface area contributed by atoms with Crippen LogP contribution in [0.1, 0.15) is 6.42 Å².